The summed E-state index contributed by atoms with van der Waals surface area (Å²) < 4.78 is 0.871. The number of aryl methyl sites for hydroxylation is 1. The van der Waals surface area contributed by atoms with Gasteiger partial charge in [0, 0.05) is 5.92 Å². The normalized spacial score (nSPS) is 19.6. The van der Waals surface area contributed by atoms with Crippen molar-refractivity contribution in [3.63, 3.8) is 0 Å². The van der Waals surface area contributed by atoms with Crippen molar-refractivity contribution in [1.82, 2.24) is 9.97 Å². The largest absolute Gasteiger partial charge is 0.236 e. The van der Waals surface area contributed by atoms with Crippen LogP contribution in [0.25, 0.3) is 0 Å². The van der Waals surface area contributed by atoms with Gasteiger partial charge in [-0.25, -0.2) is 9.97 Å². The van der Waals surface area contributed by atoms with Gasteiger partial charge in [0.15, 0.2) is 0 Å². The first-order chi connectivity index (χ1) is 8.93. The standard InChI is InChI=1S/C15H22BrClN2/c1-4-5-11-12(16)13(17)19-14(18-11)10-6-8-15(2,3)9-7-10/h10H,4-9H2,1-3H3. The fraction of sp³-hybridized carbons (Fsp3) is 0.733. The first-order valence-electron chi connectivity index (χ1n) is 7.15. The zero-order valence-electron chi connectivity index (χ0n) is 12.0. The van der Waals surface area contributed by atoms with Crippen molar-refractivity contribution < 1.29 is 0 Å². The van der Waals surface area contributed by atoms with Crippen LogP contribution < -0.4 is 0 Å². The molecule has 106 valence electrons. The number of rotatable bonds is 3. The molecule has 1 aromatic rings. The van der Waals surface area contributed by atoms with E-state index in [4.69, 9.17) is 16.6 Å². The van der Waals surface area contributed by atoms with E-state index in [9.17, 15) is 0 Å². The van der Waals surface area contributed by atoms with Gasteiger partial charge in [0.2, 0.25) is 0 Å². The number of hydrogen-bond donors (Lipinski definition) is 0. The molecule has 0 N–H and O–H groups in total. The average molecular weight is 346 g/mol. The molecule has 0 amide bonds. The molecule has 0 unspecified atom stereocenters. The topological polar surface area (TPSA) is 25.8 Å². The highest BCUT2D eigenvalue weighted by Gasteiger charge is 2.29. The monoisotopic (exact) mass is 344 g/mol. The molecule has 0 radical (unpaired) electrons. The molecule has 0 bridgehead atoms. The molecule has 1 heterocycles. The van der Waals surface area contributed by atoms with E-state index in [1.165, 1.54) is 25.7 Å². The summed E-state index contributed by atoms with van der Waals surface area (Å²) in [5, 5.41) is 0.568. The van der Waals surface area contributed by atoms with Gasteiger partial charge in [-0.05, 0) is 53.4 Å². The molecule has 1 aromatic heterocycles. The summed E-state index contributed by atoms with van der Waals surface area (Å²) in [4.78, 5) is 9.25. The predicted octanol–water partition coefficient (Wildman–Crippen LogP) is 5.53. The molecule has 0 spiro atoms. The van der Waals surface area contributed by atoms with Crippen molar-refractivity contribution in [2.75, 3.05) is 0 Å². The Labute approximate surface area is 129 Å². The van der Waals surface area contributed by atoms with Gasteiger partial charge < -0.3 is 0 Å². The highest BCUT2D eigenvalue weighted by Crippen LogP contribution is 2.42. The minimum absolute atomic E-state index is 0.474. The molecule has 1 saturated carbocycles. The van der Waals surface area contributed by atoms with Crippen molar-refractivity contribution in [1.29, 1.82) is 0 Å². The first-order valence-corrected chi connectivity index (χ1v) is 8.32. The van der Waals surface area contributed by atoms with E-state index in [0.29, 0.717) is 16.5 Å². The Kier molecular flexibility index (Phi) is 4.88. The molecule has 1 aliphatic rings. The van der Waals surface area contributed by atoms with Gasteiger partial charge in [0.25, 0.3) is 0 Å². The highest BCUT2D eigenvalue weighted by atomic mass is 79.9. The van der Waals surface area contributed by atoms with Gasteiger partial charge in [-0.2, -0.15) is 0 Å². The van der Waals surface area contributed by atoms with E-state index in [2.05, 4.69) is 41.7 Å². The second-order valence-electron chi connectivity index (χ2n) is 6.32. The van der Waals surface area contributed by atoms with Crippen LogP contribution in [0.4, 0.5) is 0 Å². The number of aromatic nitrogens is 2. The van der Waals surface area contributed by atoms with Crippen LogP contribution in [0.2, 0.25) is 5.15 Å². The Morgan fingerprint density at radius 1 is 1.26 bits per heavy atom. The van der Waals surface area contributed by atoms with E-state index < -0.39 is 0 Å². The third-order valence-electron chi connectivity index (χ3n) is 4.09. The number of hydrogen-bond acceptors (Lipinski definition) is 2. The van der Waals surface area contributed by atoms with E-state index in [-0.39, 0.29) is 0 Å². The van der Waals surface area contributed by atoms with Crippen LogP contribution in [-0.2, 0) is 6.42 Å². The summed E-state index contributed by atoms with van der Waals surface area (Å²) in [6, 6.07) is 0. The van der Waals surface area contributed by atoms with Crippen molar-refractivity contribution in [3.05, 3.63) is 21.1 Å². The second kappa shape index (κ2) is 6.09. The molecule has 0 saturated heterocycles. The van der Waals surface area contributed by atoms with E-state index in [0.717, 1.165) is 28.8 Å². The summed E-state index contributed by atoms with van der Waals surface area (Å²) in [6.07, 6.45) is 6.87. The average Bonchev–Trinajstić information content (AvgIpc) is 2.35. The Hall–Kier alpha value is -0.150. The SMILES string of the molecule is CCCc1nc(C2CCC(C)(C)CC2)nc(Cl)c1Br. The van der Waals surface area contributed by atoms with Gasteiger partial charge in [-0.1, -0.05) is 38.8 Å². The number of nitrogens with zero attached hydrogens (tertiary/aromatic N) is 2. The maximum absolute atomic E-state index is 6.23. The Bertz CT molecular complexity index is 450. The molecule has 2 nitrogen and oxygen atoms in total. The smallest absolute Gasteiger partial charge is 0.147 e. The lowest BCUT2D eigenvalue weighted by atomic mass is 9.73. The maximum Gasteiger partial charge on any atom is 0.147 e. The molecule has 4 heteroatoms. The van der Waals surface area contributed by atoms with Gasteiger partial charge >= 0.3 is 0 Å². The number of halogens is 2. The molecule has 1 aliphatic carbocycles. The summed E-state index contributed by atoms with van der Waals surface area (Å²) in [6.45, 7) is 6.85. The lowest BCUT2D eigenvalue weighted by Gasteiger charge is -2.33. The summed E-state index contributed by atoms with van der Waals surface area (Å²) in [5.41, 5.74) is 1.53. The van der Waals surface area contributed by atoms with Crippen LogP contribution in [0.15, 0.2) is 4.47 Å². The summed E-state index contributed by atoms with van der Waals surface area (Å²) in [7, 11) is 0. The van der Waals surface area contributed by atoms with Crippen molar-refractivity contribution in [2.24, 2.45) is 5.41 Å². The lowest BCUT2D eigenvalue weighted by molar-refractivity contribution is 0.220. The zero-order valence-corrected chi connectivity index (χ0v) is 14.3. The fourth-order valence-corrected chi connectivity index (χ4v) is 3.29. The molecular weight excluding hydrogens is 324 g/mol. The van der Waals surface area contributed by atoms with Gasteiger partial charge in [0.1, 0.15) is 11.0 Å². The minimum Gasteiger partial charge on any atom is -0.236 e. The van der Waals surface area contributed by atoms with Gasteiger partial charge in [-0.15, -0.1) is 0 Å². The lowest BCUT2D eigenvalue weighted by Crippen LogP contribution is -2.21. The third kappa shape index (κ3) is 3.69. The summed E-state index contributed by atoms with van der Waals surface area (Å²) in [5.74, 6) is 1.43. The van der Waals surface area contributed by atoms with E-state index >= 15 is 0 Å². The fourth-order valence-electron chi connectivity index (χ4n) is 2.72. The maximum atomic E-state index is 6.23. The van der Waals surface area contributed by atoms with E-state index in [1.54, 1.807) is 0 Å². The third-order valence-corrected chi connectivity index (χ3v) is 5.42. The highest BCUT2D eigenvalue weighted by molar-refractivity contribution is 9.10. The molecule has 1 fully saturated rings. The van der Waals surface area contributed by atoms with Crippen molar-refractivity contribution in [3.8, 4) is 0 Å². The van der Waals surface area contributed by atoms with Gasteiger partial charge in [0.05, 0.1) is 10.2 Å². The Balaban J connectivity index is 2.21. The van der Waals surface area contributed by atoms with Crippen LogP contribution in [0.1, 0.15) is 70.3 Å². The first kappa shape index (κ1) is 15.2. The zero-order chi connectivity index (χ0) is 14.0. The Morgan fingerprint density at radius 2 is 1.89 bits per heavy atom. The minimum atomic E-state index is 0.474. The van der Waals surface area contributed by atoms with Crippen LogP contribution >= 0.6 is 27.5 Å². The molecule has 19 heavy (non-hydrogen) atoms. The van der Waals surface area contributed by atoms with E-state index in [1.807, 2.05) is 0 Å². The van der Waals surface area contributed by atoms with Crippen LogP contribution in [0, 0.1) is 5.41 Å². The molecule has 0 atom stereocenters. The predicted molar refractivity (Wildman–Crippen MR) is 83.7 cm³/mol. The van der Waals surface area contributed by atoms with Crippen LogP contribution in [0.3, 0.4) is 0 Å². The van der Waals surface area contributed by atoms with Crippen LogP contribution in [-0.4, -0.2) is 9.97 Å². The second-order valence-corrected chi connectivity index (χ2v) is 7.47. The van der Waals surface area contributed by atoms with Crippen molar-refractivity contribution in [2.45, 2.75) is 65.2 Å². The van der Waals surface area contributed by atoms with Crippen LogP contribution in [0.5, 0.6) is 0 Å². The molecule has 0 aliphatic heterocycles. The van der Waals surface area contributed by atoms with Crippen molar-refractivity contribution >= 4 is 27.5 Å². The Morgan fingerprint density at radius 3 is 2.47 bits per heavy atom. The quantitative estimate of drug-likeness (QED) is 0.673. The van der Waals surface area contributed by atoms with Gasteiger partial charge in [-0.3, -0.25) is 0 Å². The summed E-state index contributed by atoms with van der Waals surface area (Å²) >= 11 is 9.73. The molecular formula is C15H22BrClN2. The molecule has 0 aromatic carbocycles. The molecule has 2 rings (SSSR count).